The van der Waals surface area contributed by atoms with E-state index in [1.54, 1.807) is 11.3 Å². The molecule has 0 unspecified atom stereocenters. The maximum atomic E-state index is 12.0. The zero-order chi connectivity index (χ0) is 17.3. The maximum absolute atomic E-state index is 12.0. The molecule has 25 heavy (non-hydrogen) atoms. The van der Waals surface area contributed by atoms with Gasteiger partial charge < -0.3 is 10.6 Å². The molecule has 0 bridgehead atoms. The van der Waals surface area contributed by atoms with Crippen LogP contribution in [0.5, 0.6) is 0 Å². The topological polar surface area (TPSA) is 44.4 Å². The van der Waals surface area contributed by atoms with Crippen LogP contribution in [-0.2, 0) is 19.5 Å². The second-order valence-electron chi connectivity index (χ2n) is 6.54. The molecule has 1 aromatic heterocycles. The van der Waals surface area contributed by atoms with Gasteiger partial charge in [0.25, 0.3) is 0 Å². The van der Waals surface area contributed by atoms with Crippen LogP contribution in [0.4, 0.5) is 4.79 Å². The van der Waals surface area contributed by atoms with Gasteiger partial charge in [-0.3, -0.25) is 4.90 Å². The molecule has 1 aliphatic heterocycles. The lowest BCUT2D eigenvalue weighted by Crippen LogP contribution is -2.36. The smallest absolute Gasteiger partial charge is 0.315 e. The first-order chi connectivity index (χ1) is 12.3. The fourth-order valence-electron chi connectivity index (χ4n) is 3.23. The van der Waals surface area contributed by atoms with Gasteiger partial charge in [0.05, 0.1) is 0 Å². The Morgan fingerprint density at radius 1 is 1.00 bits per heavy atom. The Labute approximate surface area is 154 Å². The van der Waals surface area contributed by atoms with Crippen LogP contribution in [0.2, 0.25) is 0 Å². The molecular weight excluding hydrogens is 330 g/mol. The summed E-state index contributed by atoms with van der Waals surface area (Å²) in [6.07, 6.45) is 4.84. The summed E-state index contributed by atoms with van der Waals surface area (Å²) in [6, 6.07) is 12.5. The number of benzene rings is 1. The van der Waals surface area contributed by atoms with Crippen LogP contribution < -0.4 is 10.6 Å². The molecule has 0 spiro atoms. The van der Waals surface area contributed by atoms with Crippen LogP contribution in [0.15, 0.2) is 41.8 Å². The molecule has 134 valence electrons. The molecule has 2 amide bonds. The Balaban J connectivity index is 1.44. The molecule has 2 aromatic rings. The summed E-state index contributed by atoms with van der Waals surface area (Å²) in [7, 11) is 0. The summed E-state index contributed by atoms with van der Waals surface area (Å²) in [4.78, 5) is 15.8. The lowest BCUT2D eigenvalue weighted by Gasteiger charge is -2.27. The van der Waals surface area contributed by atoms with Gasteiger partial charge in [-0.15, -0.1) is 11.3 Å². The molecule has 1 aromatic carbocycles. The van der Waals surface area contributed by atoms with Crippen molar-refractivity contribution in [3.8, 4) is 0 Å². The van der Waals surface area contributed by atoms with Gasteiger partial charge in [-0.2, -0.15) is 0 Å². The minimum atomic E-state index is -0.0932. The lowest BCUT2D eigenvalue weighted by atomic mass is 10.0. The molecule has 1 fully saturated rings. The number of piperidine rings is 1. The van der Waals surface area contributed by atoms with Crippen molar-refractivity contribution in [2.45, 2.75) is 38.8 Å². The van der Waals surface area contributed by atoms with Crippen LogP contribution in [0.25, 0.3) is 0 Å². The van der Waals surface area contributed by atoms with Crippen LogP contribution in [-0.4, -0.2) is 30.6 Å². The van der Waals surface area contributed by atoms with Gasteiger partial charge >= 0.3 is 6.03 Å². The monoisotopic (exact) mass is 357 g/mol. The average Bonchev–Trinajstić information content (AvgIpc) is 3.15. The van der Waals surface area contributed by atoms with Crippen molar-refractivity contribution >= 4 is 17.4 Å². The van der Waals surface area contributed by atoms with Gasteiger partial charge in [0.15, 0.2) is 0 Å². The van der Waals surface area contributed by atoms with Crippen molar-refractivity contribution in [2.24, 2.45) is 0 Å². The van der Waals surface area contributed by atoms with Gasteiger partial charge in [-0.05, 0) is 54.9 Å². The van der Waals surface area contributed by atoms with Gasteiger partial charge in [-0.1, -0.05) is 36.8 Å². The summed E-state index contributed by atoms with van der Waals surface area (Å²) in [5.41, 5.74) is 2.53. The van der Waals surface area contributed by atoms with E-state index in [0.29, 0.717) is 13.1 Å². The Morgan fingerprint density at radius 3 is 2.56 bits per heavy atom. The van der Waals surface area contributed by atoms with Gasteiger partial charge in [-0.25, -0.2) is 4.79 Å². The molecule has 1 aliphatic rings. The van der Waals surface area contributed by atoms with Crippen molar-refractivity contribution in [1.29, 1.82) is 0 Å². The number of hydrogen-bond donors (Lipinski definition) is 2. The minimum absolute atomic E-state index is 0.0932. The summed E-state index contributed by atoms with van der Waals surface area (Å²) >= 11 is 1.73. The summed E-state index contributed by atoms with van der Waals surface area (Å²) < 4.78 is 0. The van der Waals surface area contributed by atoms with Crippen molar-refractivity contribution in [3.05, 3.63) is 57.8 Å². The zero-order valence-electron chi connectivity index (χ0n) is 14.7. The third-order valence-electron chi connectivity index (χ3n) is 4.64. The number of hydrogen-bond acceptors (Lipinski definition) is 3. The predicted molar refractivity (Wildman–Crippen MR) is 104 cm³/mol. The van der Waals surface area contributed by atoms with Gasteiger partial charge in [0.1, 0.15) is 0 Å². The first-order valence-corrected chi connectivity index (χ1v) is 10.0. The van der Waals surface area contributed by atoms with Gasteiger partial charge in [0.2, 0.25) is 0 Å². The number of carbonyl (C=O) groups excluding carboxylic acids is 1. The highest BCUT2D eigenvalue weighted by molar-refractivity contribution is 7.09. The van der Waals surface area contributed by atoms with E-state index in [2.05, 4.69) is 45.2 Å². The molecule has 0 radical (unpaired) electrons. The highest BCUT2D eigenvalue weighted by Crippen LogP contribution is 2.16. The van der Waals surface area contributed by atoms with E-state index >= 15 is 0 Å². The molecule has 4 nitrogen and oxygen atoms in total. The van der Waals surface area contributed by atoms with Crippen LogP contribution in [0, 0.1) is 0 Å². The Morgan fingerprint density at radius 2 is 1.80 bits per heavy atom. The maximum Gasteiger partial charge on any atom is 0.315 e. The Bertz CT molecular complexity index is 651. The fraction of sp³-hybridized carbons (Fsp3) is 0.450. The molecule has 0 saturated carbocycles. The number of nitrogens with one attached hydrogen (secondary N) is 2. The average molecular weight is 358 g/mol. The lowest BCUT2D eigenvalue weighted by molar-refractivity contribution is 0.220. The summed E-state index contributed by atoms with van der Waals surface area (Å²) in [6.45, 7) is 4.60. The van der Waals surface area contributed by atoms with E-state index < -0.39 is 0 Å². The van der Waals surface area contributed by atoms with E-state index in [9.17, 15) is 4.79 Å². The third-order valence-corrected chi connectivity index (χ3v) is 5.57. The highest BCUT2D eigenvalue weighted by atomic mass is 32.1. The number of nitrogens with zero attached hydrogens (tertiary/aromatic N) is 1. The SMILES string of the molecule is O=C(NCCc1cccs1)NCc1ccccc1CN1CCCCC1. The molecule has 5 heteroatoms. The number of likely N-dealkylation sites (tertiary alicyclic amines) is 1. The van der Waals surface area contributed by atoms with E-state index in [0.717, 1.165) is 13.0 Å². The van der Waals surface area contributed by atoms with E-state index in [1.165, 1.54) is 48.4 Å². The zero-order valence-corrected chi connectivity index (χ0v) is 15.5. The molecule has 2 N–H and O–H groups in total. The molecule has 0 aliphatic carbocycles. The second kappa shape index (κ2) is 9.59. The summed E-state index contributed by atoms with van der Waals surface area (Å²) in [5.74, 6) is 0. The predicted octanol–water partition coefficient (Wildman–Crippen LogP) is 3.78. The van der Waals surface area contributed by atoms with Crippen LogP contribution in [0.3, 0.4) is 0 Å². The fourth-order valence-corrected chi connectivity index (χ4v) is 3.94. The summed E-state index contributed by atoms with van der Waals surface area (Å²) in [5, 5.41) is 7.99. The molecule has 1 saturated heterocycles. The van der Waals surface area contributed by atoms with Crippen molar-refractivity contribution < 1.29 is 4.79 Å². The third kappa shape index (κ3) is 5.87. The van der Waals surface area contributed by atoms with Crippen LogP contribution >= 0.6 is 11.3 Å². The normalized spacial score (nSPS) is 15.0. The van der Waals surface area contributed by atoms with E-state index in [-0.39, 0.29) is 6.03 Å². The molecule has 2 heterocycles. The number of urea groups is 1. The first kappa shape index (κ1) is 18.0. The Kier molecular flexibility index (Phi) is 6.89. The van der Waals surface area contributed by atoms with Crippen molar-refractivity contribution in [2.75, 3.05) is 19.6 Å². The number of amides is 2. The van der Waals surface area contributed by atoms with Crippen LogP contribution in [0.1, 0.15) is 35.3 Å². The van der Waals surface area contributed by atoms with Crippen molar-refractivity contribution in [1.82, 2.24) is 15.5 Å². The van der Waals surface area contributed by atoms with Crippen molar-refractivity contribution in [3.63, 3.8) is 0 Å². The molecular formula is C20H27N3OS. The quantitative estimate of drug-likeness (QED) is 0.792. The number of thiophene rings is 1. The number of rotatable bonds is 7. The van der Waals surface area contributed by atoms with E-state index in [4.69, 9.17) is 0 Å². The van der Waals surface area contributed by atoms with Gasteiger partial charge in [0, 0.05) is 24.5 Å². The largest absolute Gasteiger partial charge is 0.338 e. The van der Waals surface area contributed by atoms with E-state index in [1.807, 2.05) is 12.1 Å². The Hall–Kier alpha value is -1.85. The number of carbonyl (C=O) groups is 1. The molecule has 0 atom stereocenters. The second-order valence-corrected chi connectivity index (χ2v) is 7.58. The standard InChI is InChI=1S/C20H27N3OS/c24-20(21-11-10-19-9-6-14-25-19)22-15-17-7-2-3-8-18(17)16-23-12-4-1-5-13-23/h2-3,6-9,14H,1,4-5,10-13,15-16H2,(H2,21,22,24). The molecule has 3 rings (SSSR count). The highest BCUT2D eigenvalue weighted by Gasteiger charge is 2.12. The first-order valence-electron chi connectivity index (χ1n) is 9.14. The minimum Gasteiger partial charge on any atom is -0.338 e.